The monoisotopic (exact) mass is 320 g/mol. The fraction of sp³-hybridized carbons (Fsp3) is 0.0714. The fourth-order valence-electron chi connectivity index (χ4n) is 1.59. The van der Waals surface area contributed by atoms with E-state index in [2.05, 4.69) is 47.1 Å². The van der Waals surface area contributed by atoms with Gasteiger partial charge in [0.25, 0.3) is 0 Å². The second-order valence-electron chi connectivity index (χ2n) is 3.97. The molecule has 2 rings (SSSR count). The van der Waals surface area contributed by atoms with Crippen LogP contribution in [0.25, 0.3) is 0 Å². The lowest BCUT2D eigenvalue weighted by molar-refractivity contribution is 1.33. The van der Waals surface area contributed by atoms with Gasteiger partial charge in [0.15, 0.2) is 0 Å². The lowest BCUT2D eigenvalue weighted by Gasteiger charge is -2.06. The first-order chi connectivity index (χ1) is 8.56. The fourth-order valence-corrected chi connectivity index (χ4v) is 3.31. The molecule has 2 aromatic carbocycles. The molecule has 3 N–H and O–H groups in total. The standard InChI is InChI=1S/C14H13BrN2S/c1-9-3-2-4-10(7-9)18-11-5-6-12(14(16)17)13(15)8-11/h2-8H,1H3,(H3,16,17). The topological polar surface area (TPSA) is 49.9 Å². The predicted octanol–water partition coefficient (Wildman–Crippen LogP) is 4.19. The second-order valence-corrected chi connectivity index (χ2v) is 5.98. The Kier molecular flexibility index (Phi) is 4.09. The molecule has 0 spiro atoms. The van der Waals surface area contributed by atoms with Gasteiger partial charge < -0.3 is 5.73 Å². The Morgan fingerprint density at radius 2 is 1.89 bits per heavy atom. The summed E-state index contributed by atoms with van der Waals surface area (Å²) < 4.78 is 0.854. The van der Waals surface area contributed by atoms with Gasteiger partial charge in [-0.15, -0.1) is 0 Å². The van der Waals surface area contributed by atoms with Crippen LogP contribution in [0.15, 0.2) is 56.7 Å². The van der Waals surface area contributed by atoms with Crippen molar-refractivity contribution in [1.82, 2.24) is 0 Å². The van der Waals surface area contributed by atoms with E-state index < -0.39 is 0 Å². The van der Waals surface area contributed by atoms with Crippen LogP contribution in [0.2, 0.25) is 0 Å². The maximum Gasteiger partial charge on any atom is 0.123 e. The molecule has 0 saturated heterocycles. The highest BCUT2D eigenvalue weighted by molar-refractivity contribution is 9.10. The van der Waals surface area contributed by atoms with Gasteiger partial charge in [0.05, 0.1) is 0 Å². The van der Waals surface area contributed by atoms with Crippen LogP contribution >= 0.6 is 27.7 Å². The van der Waals surface area contributed by atoms with Crippen LogP contribution in [-0.4, -0.2) is 5.84 Å². The summed E-state index contributed by atoms with van der Waals surface area (Å²) in [6.45, 7) is 2.08. The lowest BCUT2D eigenvalue weighted by atomic mass is 10.2. The van der Waals surface area contributed by atoms with Crippen molar-refractivity contribution in [2.45, 2.75) is 16.7 Å². The van der Waals surface area contributed by atoms with Crippen molar-refractivity contribution in [2.75, 3.05) is 0 Å². The number of nitrogens with two attached hydrogens (primary N) is 1. The quantitative estimate of drug-likeness (QED) is 0.658. The Hall–Kier alpha value is -1.26. The summed E-state index contributed by atoms with van der Waals surface area (Å²) in [5.74, 6) is 0.0778. The average Bonchev–Trinajstić information content (AvgIpc) is 2.28. The van der Waals surface area contributed by atoms with Gasteiger partial charge in [-0.25, -0.2) is 0 Å². The first kappa shape index (κ1) is 13.2. The minimum absolute atomic E-state index is 0.0778. The summed E-state index contributed by atoms with van der Waals surface area (Å²) >= 11 is 5.14. The summed E-state index contributed by atoms with van der Waals surface area (Å²) in [7, 11) is 0. The van der Waals surface area contributed by atoms with Crippen LogP contribution in [-0.2, 0) is 0 Å². The summed E-state index contributed by atoms with van der Waals surface area (Å²) in [5, 5.41) is 7.44. The largest absolute Gasteiger partial charge is 0.384 e. The number of rotatable bonds is 3. The number of nitrogen functional groups attached to an aromatic ring is 1. The molecule has 0 fully saturated rings. The molecule has 0 aliphatic rings. The molecule has 0 bridgehead atoms. The molecule has 0 amide bonds. The van der Waals surface area contributed by atoms with Crippen molar-refractivity contribution in [2.24, 2.45) is 5.73 Å². The van der Waals surface area contributed by atoms with Crippen molar-refractivity contribution >= 4 is 33.5 Å². The van der Waals surface area contributed by atoms with Gasteiger partial charge in [0.1, 0.15) is 5.84 Å². The minimum atomic E-state index is 0.0778. The number of aryl methyl sites for hydroxylation is 1. The van der Waals surface area contributed by atoms with Crippen molar-refractivity contribution < 1.29 is 0 Å². The summed E-state index contributed by atoms with van der Waals surface area (Å²) in [5.41, 5.74) is 7.46. The molecule has 0 atom stereocenters. The molecule has 0 unspecified atom stereocenters. The highest BCUT2D eigenvalue weighted by Gasteiger charge is 2.05. The third kappa shape index (κ3) is 3.15. The number of hydrogen-bond acceptors (Lipinski definition) is 2. The van der Waals surface area contributed by atoms with Crippen LogP contribution in [0, 0.1) is 12.3 Å². The molecule has 0 saturated carbocycles. The van der Waals surface area contributed by atoms with Gasteiger partial charge in [0, 0.05) is 19.8 Å². The zero-order chi connectivity index (χ0) is 13.1. The van der Waals surface area contributed by atoms with E-state index >= 15 is 0 Å². The van der Waals surface area contributed by atoms with E-state index in [-0.39, 0.29) is 5.84 Å². The molecular formula is C14H13BrN2S. The molecule has 0 radical (unpaired) electrons. The second kappa shape index (κ2) is 5.59. The van der Waals surface area contributed by atoms with E-state index in [1.807, 2.05) is 18.2 Å². The lowest BCUT2D eigenvalue weighted by Crippen LogP contribution is -2.11. The van der Waals surface area contributed by atoms with Crippen molar-refractivity contribution in [1.29, 1.82) is 5.41 Å². The van der Waals surface area contributed by atoms with Crippen LogP contribution in [0.4, 0.5) is 0 Å². The number of halogens is 1. The van der Waals surface area contributed by atoms with Crippen molar-refractivity contribution in [3.8, 4) is 0 Å². The summed E-state index contributed by atoms with van der Waals surface area (Å²) in [4.78, 5) is 2.33. The van der Waals surface area contributed by atoms with Crippen molar-refractivity contribution in [3.05, 3.63) is 58.1 Å². The zero-order valence-corrected chi connectivity index (χ0v) is 12.3. The van der Waals surface area contributed by atoms with Crippen molar-refractivity contribution in [3.63, 3.8) is 0 Å². The summed E-state index contributed by atoms with van der Waals surface area (Å²) in [6, 6.07) is 14.2. The molecule has 0 heterocycles. The van der Waals surface area contributed by atoms with Crippen LogP contribution in [0.3, 0.4) is 0 Å². The van der Waals surface area contributed by atoms with Gasteiger partial charge in [-0.05, 0) is 53.2 Å². The first-order valence-electron chi connectivity index (χ1n) is 5.45. The van der Waals surface area contributed by atoms with Gasteiger partial charge in [0.2, 0.25) is 0 Å². The van der Waals surface area contributed by atoms with Crippen LogP contribution in [0.1, 0.15) is 11.1 Å². The van der Waals surface area contributed by atoms with Gasteiger partial charge in [-0.1, -0.05) is 29.5 Å². The smallest absolute Gasteiger partial charge is 0.123 e. The van der Waals surface area contributed by atoms with Crippen LogP contribution in [0.5, 0.6) is 0 Å². The van der Waals surface area contributed by atoms with Gasteiger partial charge in [-0.2, -0.15) is 0 Å². The molecule has 0 aliphatic carbocycles. The van der Waals surface area contributed by atoms with E-state index in [9.17, 15) is 0 Å². The molecule has 0 aliphatic heterocycles. The maximum atomic E-state index is 7.44. The Morgan fingerprint density at radius 1 is 1.17 bits per heavy atom. The number of benzene rings is 2. The first-order valence-corrected chi connectivity index (χ1v) is 7.05. The highest BCUT2D eigenvalue weighted by atomic mass is 79.9. The van der Waals surface area contributed by atoms with E-state index in [0.717, 1.165) is 14.9 Å². The Morgan fingerprint density at radius 3 is 2.50 bits per heavy atom. The molecular weight excluding hydrogens is 308 g/mol. The molecule has 2 aromatic rings. The Balaban J connectivity index is 2.25. The van der Waals surface area contributed by atoms with Crippen LogP contribution < -0.4 is 5.73 Å². The molecule has 18 heavy (non-hydrogen) atoms. The molecule has 92 valence electrons. The van der Waals surface area contributed by atoms with Gasteiger partial charge in [-0.3, -0.25) is 5.41 Å². The third-order valence-electron chi connectivity index (χ3n) is 2.46. The predicted molar refractivity (Wildman–Crippen MR) is 80.5 cm³/mol. The number of nitrogens with one attached hydrogen (secondary N) is 1. The molecule has 2 nitrogen and oxygen atoms in total. The Labute approximate surface area is 119 Å². The molecule has 0 aromatic heterocycles. The zero-order valence-electron chi connectivity index (χ0n) is 9.91. The minimum Gasteiger partial charge on any atom is -0.384 e. The SMILES string of the molecule is Cc1cccc(Sc2ccc(C(=N)N)c(Br)c2)c1. The molecule has 4 heteroatoms. The summed E-state index contributed by atoms with van der Waals surface area (Å²) in [6.07, 6.45) is 0. The normalized spacial score (nSPS) is 10.3. The maximum absolute atomic E-state index is 7.44. The van der Waals surface area contributed by atoms with E-state index in [0.29, 0.717) is 0 Å². The third-order valence-corrected chi connectivity index (χ3v) is 4.09. The van der Waals surface area contributed by atoms with E-state index in [1.165, 1.54) is 10.5 Å². The number of amidine groups is 1. The highest BCUT2D eigenvalue weighted by Crippen LogP contribution is 2.31. The van der Waals surface area contributed by atoms with Gasteiger partial charge >= 0.3 is 0 Å². The van der Waals surface area contributed by atoms with E-state index in [1.54, 1.807) is 11.8 Å². The average molecular weight is 321 g/mol. The van der Waals surface area contributed by atoms with E-state index in [4.69, 9.17) is 11.1 Å². The Bertz CT molecular complexity index is 596. The number of hydrogen-bond donors (Lipinski definition) is 2.